The highest BCUT2D eigenvalue weighted by molar-refractivity contribution is 5.66. The zero-order valence-electron chi connectivity index (χ0n) is 14.2. The molecule has 1 aromatic heterocycles. The molecule has 0 fully saturated rings. The van der Waals surface area contributed by atoms with Crippen LogP contribution < -0.4 is 10.6 Å². The Morgan fingerprint density at radius 3 is 2.60 bits per heavy atom. The second kappa shape index (κ2) is 9.58. The van der Waals surface area contributed by atoms with E-state index in [4.69, 9.17) is 5.11 Å². The Morgan fingerprint density at radius 1 is 1.20 bits per heavy atom. The molecule has 0 saturated carbocycles. The van der Waals surface area contributed by atoms with Crippen LogP contribution >= 0.6 is 0 Å². The largest absolute Gasteiger partial charge is 0.481 e. The Kier molecular flexibility index (Phi) is 7.16. The van der Waals surface area contributed by atoms with Crippen LogP contribution in [0.2, 0.25) is 0 Å². The number of anilines is 2. The molecule has 4 N–H and O–H groups in total. The third-order valence-electron chi connectivity index (χ3n) is 3.63. The number of rotatable bonds is 10. The molecule has 2 atom stereocenters. The van der Waals surface area contributed by atoms with E-state index < -0.39 is 12.1 Å². The molecule has 0 aliphatic carbocycles. The van der Waals surface area contributed by atoms with Gasteiger partial charge in [-0.05, 0) is 25.3 Å². The third-order valence-corrected chi connectivity index (χ3v) is 3.63. The fourth-order valence-corrected chi connectivity index (χ4v) is 2.42. The number of benzene rings is 1. The fourth-order valence-electron chi connectivity index (χ4n) is 2.42. The molecule has 2 unspecified atom stereocenters. The highest BCUT2D eigenvalue weighted by atomic mass is 16.4. The number of aliphatic hydroxyl groups excluding tert-OH is 1. The van der Waals surface area contributed by atoms with E-state index in [1.165, 1.54) is 6.33 Å². The standard InChI is InChI=1S/C18H24N4O3/c1-13(23)11-19-16-10-17(21-12-20-16)22-15(7-8-18(24)25)9-14-5-3-2-4-6-14/h2-6,10,12-13,15,23H,7-9,11H2,1H3,(H,24,25)(H2,19,20,21,22). The van der Waals surface area contributed by atoms with Gasteiger partial charge in [0.05, 0.1) is 6.10 Å². The quantitative estimate of drug-likeness (QED) is 0.523. The minimum absolute atomic E-state index is 0.0574. The highest BCUT2D eigenvalue weighted by Gasteiger charge is 2.13. The molecule has 7 nitrogen and oxygen atoms in total. The first kappa shape index (κ1) is 18.7. The molecule has 0 aliphatic rings. The molecular weight excluding hydrogens is 320 g/mol. The monoisotopic (exact) mass is 344 g/mol. The van der Waals surface area contributed by atoms with Gasteiger partial charge in [0, 0.05) is 25.1 Å². The SMILES string of the molecule is CC(O)CNc1cc(NC(CCC(=O)O)Cc2ccccc2)ncn1. The number of aromatic nitrogens is 2. The molecular formula is C18H24N4O3. The van der Waals surface area contributed by atoms with Gasteiger partial charge >= 0.3 is 5.97 Å². The number of nitrogens with zero attached hydrogens (tertiary/aromatic N) is 2. The Bertz CT molecular complexity index is 664. The normalized spacial score (nSPS) is 13.0. The fraction of sp³-hybridized carbons (Fsp3) is 0.389. The third kappa shape index (κ3) is 7.17. The Balaban J connectivity index is 2.04. The number of aliphatic carboxylic acids is 1. The first-order valence-electron chi connectivity index (χ1n) is 8.29. The van der Waals surface area contributed by atoms with Crippen molar-refractivity contribution in [3.05, 3.63) is 48.3 Å². The molecule has 0 spiro atoms. The molecule has 0 aliphatic heterocycles. The predicted molar refractivity (Wildman–Crippen MR) is 96.6 cm³/mol. The zero-order valence-corrected chi connectivity index (χ0v) is 14.2. The Labute approximate surface area is 147 Å². The van der Waals surface area contributed by atoms with E-state index in [1.54, 1.807) is 13.0 Å². The number of carboxylic acids is 1. The van der Waals surface area contributed by atoms with Crippen molar-refractivity contribution < 1.29 is 15.0 Å². The van der Waals surface area contributed by atoms with Crippen LogP contribution in [0.15, 0.2) is 42.7 Å². The van der Waals surface area contributed by atoms with Crippen LogP contribution in [0, 0.1) is 0 Å². The van der Waals surface area contributed by atoms with Gasteiger partial charge in [-0.1, -0.05) is 30.3 Å². The average Bonchev–Trinajstić information content (AvgIpc) is 2.59. The molecule has 134 valence electrons. The lowest BCUT2D eigenvalue weighted by atomic mass is 10.0. The van der Waals surface area contributed by atoms with E-state index in [0.717, 1.165) is 5.56 Å². The van der Waals surface area contributed by atoms with Crippen molar-refractivity contribution in [2.24, 2.45) is 0 Å². The first-order valence-corrected chi connectivity index (χ1v) is 8.29. The molecule has 0 saturated heterocycles. The molecule has 0 radical (unpaired) electrons. The second-order valence-corrected chi connectivity index (χ2v) is 5.98. The molecule has 7 heteroatoms. The maximum absolute atomic E-state index is 10.9. The van der Waals surface area contributed by atoms with Crippen LogP contribution in [0.5, 0.6) is 0 Å². The number of hydrogen-bond acceptors (Lipinski definition) is 6. The summed E-state index contributed by atoms with van der Waals surface area (Å²) in [6, 6.07) is 11.6. The van der Waals surface area contributed by atoms with Gasteiger partial charge in [-0.25, -0.2) is 9.97 Å². The van der Waals surface area contributed by atoms with E-state index >= 15 is 0 Å². The summed E-state index contributed by atoms with van der Waals surface area (Å²) in [6.45, 7) is 2.08. The summed E-state index contributed by atoms with van der Waals surface area (Å²) in [5.74, 6) is 0.409. The van der Waals surface area contributed by atoms with Gasteiger partial charge in [-0.15, -0.1) is 0 Å². The van der Waals surface area contributed by atoms with Gasteiger partial charge < -0.3 is 20.8 Å². The van der Waals surface area contributed by atoms with E-state index in [0.29, 0.717) is 31.0 Å². The van der Waals surface area contributed by atoms with Crippen molar-refractivity contribution in [3.8, 4) is 0 Å². The number of carbonyl (C=O) groups is 1. The highest BCUT2D eigenvalue weighted by Crippen LogP contribution is 2.15. The van der Waals surface area contributed by atoms with Crippen LogP contribution in [0.25, 0.3) is 0 Å². The first-order chi connectivity index (χ1) is 12.0. The van der Waals surface area contributed by atoms with Crippen LogP contribution in [0.3, 0.4) is 0 Å². The maximum atomic E-state index is 10.9. The van der Waals surface area contributed by atoms with Gasteiger partial charge in [-0.2, -0.15) is 0 Å². The minimum atomic E-state index is -0.818. The summed E-state index contributed by atoms with van der Waals surface area (Å²) in [6.07, 6.45) is 2.23. The summed E-state index contributed by atoms with van der Waals surface area (Å²) < 4.78 is 0. The van der Waals surface area contributed by atoms with Gasteiger partial charge in [-0.3, -0.25) is 4.79 Å². The molecule has 2 aromatic rings. The topological polar surface area (TPSA) is 107 Å². The summed E-state index contributed by atoms with van der Waals surface area (Å²) >= 11 is 0. The van der Waals surface area contributed by atoms with Crippen LogP contribution in [-0.4, -0.2) is 44.8 Å². The second-order valence-electron chi connectivity index (χ2n) is 5.98. The lowest BCUT2D eigenvalue weighted by molar-refractivity contribution is -0.137. The number of nitrogens with one attached hydrogen (secondary N) is 2. The van der Waals surface area contributed by atoms with E-state index in [-0.39, 0.29) is 12.5 Å². The van der Waals surface area contributed by atoms with Gasteiger partial charge in [0.2, 0.25) is 0 Å². The van der Waals surface area contributed by atoms with Crippen molar-refractivity contribution >= 4 is 17.6 Å². The summed E-state index contributed by atoms with van der Waals surface area (Å²) in [4.78, 5) is 19.2. The average molecular weight is 344 g/mol. The summed E-state index contributed by atoms with van der Waals surface area (Å²) in [7, 11) is 0. The molecule has 0 amide bonds. The van der Waals surface area contributed by atoms with Crippen molar-refractivity contribution in [1.29, 1.82) is 0 Å². The van der Waals surface area contributed by atoms with Crippen molar-refractivity contribution in [2.75, 3.05) is 17.2 Å². The lowest BCUT2D eigenvalue weighted by Gasteiger charge is -2.19. The number of hydrogen-bond donors (Lipinski definition) is 4. The van der Waals surface area contributed by atoms with Gasteiger partial charge in [0.25, 0.3) is 0 Å². The van der Waals surface area contributed by atoms with Crippen molar-refractivity contribution in [2.45, 2.75) is 38.3 Å². The molecule has 1 heterocycles. The predicted octanol–water partition coefficient (Wildman–Crippen LogP) is 2.16. The van der Waals surface area contributed by atoms with Crippen molar-refractivity contribution in [1.82, 2.24) is 9.97 Å². The van der Waals surface area contributed by atoms with E-state index in [9.17, 15) is 9.90 Å². The summed E-state index contributed by atoms with van der Waals surface area (Å²) in [5, 5.41) is 24.6. The molecule has 25 heavy (non-hydrogen) atoms. The molecule has 2 rings (SSSR count). The number of aliphatic hydroxyl groups is 1. The van der Waals surface area contributed by atoms with Crippen molar-refractivity contribution in [3.63, 3.8) is 0 Å². The van der Waals surface area contributed by atoms with Crippen LogP contribution in [0.1, 0.15) is 25.3 Å². The summed E-state index contributed by atoms with van der Waals surface area (Å²) in [5.41, 5.74) is 1.13. The van der Waals surface area contributed by atoms with E-state index in [1.807, 2.05) is 30.3 Å². The number of carboxylic acid groups (broad SMARTS) is 1. The van der Waals surface area contributed by atoms with Gasteiger partial charge in [0.15, 0.2) is 0 Å². The Morgan fingerprint density at radius 2 is 1.92 bits per heavy atom. The van der Waals surface area contributed by atoms with Crippen LogP contribution in [0.4, 0.5) is 11.6 Å². The maximum Gasteiger partial charge on any atom is 0.303 e. The smallest absolute Gasteiger partial charge is 0.303 e. The molecule has 0 bridgehead atoms. The minimum Gasteiger partial charge on any atom is -0.481 e. The van der Waals surface area contributed by atoms with Crippen LogP contribution in [-0.2, 0) is 11.2 Å². The van der Waals surface area contributed by atoms with E-state index in [2.05, 4.69) is 20.6 Å². The molecule has 1 aromatic carbocycles. The Hall–Kier alpha value is -2.67. The zero-order chi connectivity index (χ0) is 18.1. The van der Waals surface area contributed by atoms with Gasteiger partial charge in [0.1, 0.15) is 18.0 Å². The lowest BCUT2D eigenvalue weighted by Crippen LogP contribution is -2.24.